The number of benzene rings is 1. The molecule has 166 valence electrons. The van der Waals surface area contributed by atoms with Crippen molar-refractivity contribution >= 4 is 0 Å². The first-order valence-corrected chi connectivity index (χ1v) is 10.4. The standard InChI is InChI=1S/C22H27F3N2O.C2H6/c1-20(2,3)16-9-15-12-27(21(4,5)6)13-28-19(15)17(10-16)14-7-8-18(26-11-14)22(23,24)25;1-2/h7-11H,12-13H2,1-6H3;1-2H3. The molecule has 0 unspecified atom stereocenters. The van der Waals surface area contributed by atoms with Crippen LogP contribution in [0.25, 0.3) is 11.1 Å². The Bertz CT molecular complexity index is 860. The number of hydrogen-bond donors (Lipinski definition) is 0. The molecule has 0 N–H and O–H groups in total. The van der Waals surface area contributed by atoms with Gasteiger partial charge in [-0.15, -0.1) is 0 Å². The first kappa shape index (κ1) is 24.2. The van der Waals surface area contributed by atoms with E-state index in [1.807, 2.05) is 19.9 Å². The van der Waals surface area contributed by atoms with E-state index in [2.05, 4.69) is 57.5 Å². The average Bonchev–Trinajstić information content (AvgIpc) is 2.66. The minimum Gasteiger partial charge on any atom is -0.477 e. The van der Waals surface area contributed by atoms with Crippen LogP contribution in [0.4, 0.5) is 13.2 Å². The third kappa shape index (κ3) is 5.34. The van der Waals surface area contributed by atoms with Crippen molar-refractivity contribution < 1.29 is 17.9 Å². The van der Waals surface area contributed by atoms with Crippen LogP contribution in [0.1, 0.15) is 72.2 Å². The monoisotopic (exact) mass is 422 g/mol. The molecule has 0 saturated carbocycles. The summed E-state index contributed by atoms with van der Waals surface area (Å²) in [5.74, 6) is 0.732. The molecule has 3 nitrogen and oxygen atoms in total. The summed E-state index contributed by atoms with van der Waals surface area (Å²) < 4.78 is 44.7. The van der Waals surface area contributed by atoms with Gasteiger partial charge in [0.2, 0.25) is 0 Å². The number of fused-ring (bicyclic) bond motifs is 1. The Labute approximate surface area is 178 Å². The molecule has 1 aliphatic rings. The van der Waals surface area contributed by atoms with Crippen LogP contribution < -0.4 is 4.74 Å². The highest BCUT2D eigenvalue weighted by Gasteiger charge is 2.33. The number of halogens is 3. The van der Waals surface area contributed by atoms with Crippen LogP contribution in [0.15, 0.2) is 30.5 Å². The molecular weight excluding hydrogens is 389 g/mol. The van der Waals surface area contributed by atoms with E-state index >= 15 is 0 Å². The quantitative estimate of drug-likeness (QED) is 0.493. The zero-order valence-electron chi connectivity index (χ0n) is 19.2. The van der Waals surface area contributed by atoms with Crippen LogP contribution in [0.3, 0.4) is 0 Å². The van der Waals surface area contributed by atoms with E-state index in [0.717, 1.165) is 35.1 Å². The first-order valence-electron chi connectivity index (χ1n) is 10.4. The van der Waals surface area contributed by atoms with Crippen LogP contribution in [-0.4, -0.2) is 22.2 Å². The molecule has 0 bridgehead atoms. The van der Waals surface area contributed by atoms with Crippen LogP contribution in [0, 0.1) is 0 Å². The Morgan fingerprint density at radius 1 is 0.967 bits per heavy atom. The van der Waals surface area contributed by atoms with Crippen molar-refractivity contribution in [2.45, 2.75) is 79.1 Å². The van der Waals surface area contributed by atoms with Gasteiger partial charge in [0, 0.05) is 35.0 Å². The molecule has 6 heteroatoms. The molecule has 0 fully saturated rings. The average molecular weight is 423 g/mol. The van der Waals surface area contributed by atoms with Gasteiger partial charge in [0.15, 0.2) is 0 Å². The van der Waals surface area contributed by atoms with E-state index in [1.54, 1.807) is 0 Å². The van der Waals surface area contributed by atoms with Gasteiger partial charge in [-0.2, -0.15) is 13.2 Å². The van der Waals surface area contributed by atoms with Gasteiger partial charge in [-0.25, -0.2) is 0 Å². The second-order valence-electron chi connectivity index (χ2n) is 9.33. The number of pyridine rings is 1. The largest absolute Gasteiger partial charge is 0.477 e. The van der Waals surface area contributed by atoms with Crippen LogP contribution in [0.5, 0.6) is 5.75 Å². The van der Waals surface area contributed by atoms with Crippen molar-refractivity contribution in [2.75, 3.05) is 6.73 Å². The lowest BCUT2D eigenvalue weighted by molar-refractivity contribution is -0.141. The summed E-state index contributed by atoms with van der Waals surface area (Å²) in [7, 11) is 0. The molecule has 2 aromatic rings. The van der Waals surface area contributed by atoms with Crippen molar-refractivity contribution in [3.05, 3.63) is 47.3 Å². The maximum atomic E-state index is 12.9. The third-order valence-corrected chi connectivity index (χ3v) is 5.07. The van der Waals surface area contributed by atoms with Crippen LogP contribution >= 0.6 is 0 Å². The van der Waals surface area contributed by atoms with Gasteiger partial charge in [-0.1, -0.05) is 46.8 Å². The molecule has 0 saturated heterocycles. The summed E-state index contributed by atoms with van der Waals surface area (Å²) in [4.78, 5) is 5.86. The predicted molar refractivity (Wildman–Crippen MR) is 116 cm³/mol. The fourth-order valence-corrected chi connectivity index (χ4v) is 3.17. The van der Waals surface area contributed by atoms with Gasteiger partial charge in [0.25, 0.3) is 0 Å². The summed E-state index contributed by atoms with van der Waals surface area (Å²) in [6.07, 6.45) is -3.17. The molecule has 1 aromatic carbocycles. The lowest BCUT2D eigenvalue weighted by Gasteiger charge is -2.40. The Hall–Kier alpha value is -2.08. The second-order valence-corrected chi connectivity index (χ2v) is 9.33. The molecule has 3 rings (SSSR count). The van der Waals surface area contributed by atoms with Crippen molar-refractivity contribution in [2.24, 2.45) is 0 Å². The molecule has 0 amide bonds. The lowest BCUT2D eigenvalue weighted by atomic mass is 9.83. The first-order chi connectivity index (χ1) is 13.8. The van der Waals surface area contributed by atoms with Crippen molar-refractivity contribution in [1.29, 1.82) is 0 Å². The fourth-order valence-electron chi connectivity index (χ4n) is 3.17. The van der Waals surface area contributed by atoms with E-state index < -0.39 is 11.9 Å². The summed E-state index contributed by atoms with van der Waals surface area (Å²) in [6.45, 7) is 17.9. The predicted octanol–water partition coefficient (Wildman–Crippen LogP) is 7.04. The Kier molecular flexibility index (Phi) is 6.92. The van der Waals surface area contributed by atoms with Gasteiger partial charge in [0.05, 0.1) is 0 Å². The minimum atomic E-state index is -4.45. The lowest BCUT2D eigenvalue weighted by Crippen LogP contribution is -2.45. The summed E-state index contributed by atoms with van der Waals surface area (Å²) in [5.41, 5.74) is 2.52. The van der Waals surface area contributed by atoms with Crippen molar-refractivity contribution in [3.8, 4) is 16.9 Å². The molecule has 1 aromatic heterocycles. The number of ether oxygens (including phenoxy) is 1. The summed E-state index contributed by atoms with van der Waals surface area (Å²) >= 11 is 0. The fraction of sp³-hybridized carbons (Fsp3) is 0.542. The van der Waals surface area contributed by atoms with Crippen LogP contribution in [-0.2, 0) is 18.1 Å². The molecule has 2 heterocycles. The van der Waals surface area contributed by atoms with E-state index in [9.17, 15) is 13.2 Å². The Morgan fingerprint density at radius 2 is 1.60 bits per heavy atom. The normalized spacial score (nSPS) is 15.0. The minimum absolute atomic E-state index is 0.0501. The van der Waals surface area contributed by atoms with Crippen molar-refractivity contribution in [3.63, 3.8) is 0 Å². The van der Waals surface area contributed by atoms with Gasteiger partial charge < -0.3 is 4.74 Å². The maximum Gasteiger partial charge on any atom is 0.433 e. The van der Waals surface area contributed by atoms with Gasteiger partial charge in [-0.3, -0.25) is 9.88 Å². The van der Waals surface area contributed by atoms with Crippen LogP contribution in [0.2, 0.25) is 0 Å². The highest BCUT2D eigenvalue weighted by Crippen LogP contribution is 2.41. The number of rotatable bonds is 1. The van der Waals surface area contributed by atoms with E-state index in [-0.39, 0.29) is 11.0 Å². The summed E-state index contributed by atoms with van der Waals surface area (Å²) in [5, 5.41) is 0. The van der Waals surface area contributed by atoms with Gasteiger partial charge in [0.1, 0.15) is 18.2 Å². The van der Waals surface area contributed by atoms with Gasteiger partial charge >= 0.3 is 6.18 Å². The molecule has 0 radical (unpaired) electrons. The highest BCUT2D eigenvalue weighted by molar-refractivity contribution is 5.73. The zero-order valence-corrected chi connectivity index (χ0v) is 19.2. The second kappa shape index (κ2) is 8.58. The number of aromatic nitrogens is 1. The molecule has 0 spiro atoms. The molecule has 0 atom stereocenters. The summed E-state index contributed by atoms with van der Waals surface area (Å²) in [6, 6.07) is 6.65. The topological polar surface area (TPSA) is 25.4 Å². The number of alkyl halides is 3. The SMILES string of the molecule is CC.CC(C)(C)c1cc2c(c(-c3ccc(C(F)(F)F)nc3)c1)OCN(C(C)(C)C)C2. The zero-order chi connectivity index (χ0) is 22.9. The molecule has 1 aliphatic heterocycles. The van der Waals surface area contributed by atoms with E-state index in [1.165, 1.54) is 12.3 Å². The maximum absolute atomic E-state index is 12.9. The molecular formula is C24H33F3N2O. The van der Waals surface area contributed by atoms with E-state index in [4.69, 9.17) is 4.74 Å². The number of nitrogens with zero attached hydrogens (tertiary/aromatic N) is 2. The molecule has 0 aliphatic carbocycles. The van der Waals surface area contributed by atoms with E-state index in [0.29, 0.717) is 12.3 Å². The Balaban J connectivity index is 0.00000155. The Morgan fingerprint density at radius 3 is 2.07 bits per heavy atom. The highest BCUT2D eigenvalue weighted by atomic mass is 19.4. The number of hydrogen-bond acceptors (Lipinski definition) is 3. The third-order valence-electron chi connectivity index (χ3n) is 5.07. The smallest absolute Gasteiger partial charge is 0.433 e. The van der Waals surface area contributed by atoms with Crippen molar-refractivity contribution in [1.82, 2.24) is 9.88 Å². The molecule has 30 heavy (non-hydrogen) atoms. The van der Waals surface area contributed by atoms with Gasteiger partial charge in [-0.05, 0) is 43.9 Å².